The molecule has 5 atom stereocenters. The van der Waals surface area contributed by atoms with Gasteiger partial charge in [-0.1, -0.05) is 85.3 Å². The summed E-state index contributed by atoms with van der Waals surface area (Å²) in [5, 5.41) is 15.1. The third-order valence-corrected chi connectivity index (χ3v) is 17.4. The number of nitrogens with two attached hydrogens (primary N) is 1. The number of carbonyl (C=O) groups is 3. The summed E-state index contributed by atoms with van der Waals surface area (Å²) < 4.78 is 12.8. The molecule has 12 heteroatoms. The van der Waals surface area contributed by atoms with E-state index in [2.05, 4.69) is 43.5 Å². The maximum Gasteiger partial charge on any atom is 0.264 e. The number of rotatable bonds is 10. The van der Waals surface area contributed by atoms with E-state index in [0.29, 0.717) is 46.2 Å². The van der Waals surface area contributed by atoms with E-state index in [9.17, 15) is 14.7 Å². The molecule has 10 nitrogen and oxygen atoms in total. The molecule has 0 bridgehead atoms. The van der Waals surface area contributed by atoms with Crippen LogP contribution in [-0.4, -0.2) is 61.7 Å². The van der Waals surface area contributed by atoms with Crippen LogP contribution < -0.4 is 25.9 Å². The Balaban J connectivity index is 1.12. The van der Waals surface area contributed by atoms with E-state index >= 15 is 4.79 Å². The number of hydrogen-bond acceptors (Lipinski definition) is 7. The predicted octanol–water partition coefficient (Wildman–Crippen LogP) is 7.28. The van der Waals surface area contributed by atoms with Crippen LogP contribution in [0.25, 0.3) is 0 Å². The van der Waals surface area contributed by atoms with Crippen LogP contribution >= 0.6 is 11.6 Å². The normalized spacial score (nSPS) is 22.3. The summed E-state index contributed by atoms with van der Waals surface area (Å²) in [6.07, 6.45) is 0.00141. The topological polar surface area (TPSA) is 134 Å². The Bertz CT molecular complexity index is 2390. The van der Waals surface area contributed by atoms with Crippen molar-refractivity contribution in [2.45, 2.75) is 69.2 Å². The highest BCUT2D eigenvalue weighted by Crippen LogP contribution is 2.60. The van der Waals surface area contributed by atoms with Gasteiger partial charge >= 0.3 is 0 Å². The fourth-order valence-electron chi connectivity index (χ4n) is 9.69. The molecule has 3 amide bonds. The predicted molar refractivity (Wildman–Crippen MR) is 234 cm³/mol. The van der Waals surface area contributed by atoms with Gasteiger partial charge in [-0.2, -0.15) is 0 Å². The van der Waals surface area contributed by atoms with Crippen molar-refractivity contribution >= 4 is 59.6 Å². The fourth-order valence-corrected chi connectivity index (χ4v) is 13.9. The summed E-state index contributed by atoms with van der Waals surface area (Å²) in [6.45, 7) is 7.14. The molecule has 304 valence electrons. The molecular formula is C47H49ClN4O6Si. The zero-order chi connectivity index (χ0) is 41.6. The third kappa shape index (κ3) is 7.30. The van der Waals surface area contributed by atoms with Gasteiger partial charge in [0.15, 0.2) is 5.60 Å². The van der Waals surface area contributed by atoms with Gasteiger partial charge in [0, 0.05) is 40.0 Å². The number of hydrogen-bond donors (Lipinski definition) is 3. The first-order valence-electron chi connectivity index (χ1n) is 20.0. The Kier molecular flexibility index (Phi) is 10.9. The lowest BCUT2D eigenvalue weighted by atomic mass is 9.82. The SMILES string of the molecule is COc1ccc([Si](C)(C)[C@H]2[C@H](CC(=O)N3Cc4ccccc4C[C@H]3CO)O[C@@]3(C(=O)N(Cc4ccc(NC(=O)c5ccc(N)cc5)cc4)c4ccc(Cl)cc43)[C@@H]2C)cc1. The lowest BCUT2D eigenvalue weighted by molar-refractivity contribution is -0.151. The minimum absolute atomic E-state index is 0.0503. The molecule has 8 rings (SSSR count). The van der Waals surface area contributed by atoms with Crippen molar-refractivity contribution < 1.29 is 29.0 Å². The number of nitrogens with zero attached hydrogens (tertiary/aromatic N) is 2. The summed E-state index contributed by atoms with van der Waals surface area (Å²) in [5.74, 6) is -0.175. The average molecular weight is 829 g/mol. The molecular weight excluding hydrogens is 780 g/mol. The second-order valence-electron chi connectivity index (χ2n) is 16.5. The molecule has 1 fully saturated rings. The maximum atomic E-state index is 15.3. The lowest BCUT2D eigenvalue weighted by Crippen LogP contribution is -2.52. The number of benzene rings is 5. The number of nitrogen functional groups attached to an aromatic ring is 1. The van der Waals surface area contributed by atoms with Crippen LogP contribution in [0.2, 0.25) is 23.7 Å². The molecule has 0 aromatic heterocycles. The molecule has 0 saturated carbocycles. The van der Waals surface area contributed by atoms with Crippen molar-refractivity contribution in [2.24, 2.45) is 5.92 Å². The number of halogens is 1. The van der Waals surface area contributed by atoms with Crippen molar-refractivity contribution in [3.05, 3.63) is 148 Å². The van der Waals surface area contributed by atoms with Crippen LogP contribution in [-0.2, 0) is 39.4 Å². The van der Waals surface area contributed by atoms with Gasteiger partial charge in [0.25, 0.3) is 11.8 Å². The van der Waals surface area contributed by atoms with E-state index in [-0.39, 0.29) is 54.8 Å². The monoisotopic (exact) mass is 828 g/mol. The molecule has 5 aromatic carbocycles. The number of carbonyl (C=O) groups excluding carboxylic acids is 3. The molecule has 3 aliphatic heterocycles. The summed E-state index contributed by atoms with van der Waals surface area (Å²) in [7, 11) is -0.911. The highest BCUT2D eigenvalue weighted by atomic mass is 35.5. The van der Waals surface area contributed by atoms with Crippen molar-refractivity contribution in [3.63, 3.8) is 0 Å². The van der Waals surface area contributed by atoms with Gasteiger partial charge in [-0.3, -0.25) is 14.4 Å². The Hall–Kier alpha value is -5.46. The quantitative estimate of drug-likeness (QED) is 0.0996. The van der Waals surface area contributed by atoms with Gasteiger partial charge in [-0.25, -0.2) is 0 Å². The zero-order valence-corrected chi connectivity index (χ0v) is 35.4. The first-order chi connectivity index (χ1) is 28.3. The number of amides is 3. The molecule has 4 N–H and O–H groups in total. The number of aliphatic hydroxyl groups is 1. The Morgan fingerprint density at radius 3 is 2.34 bits per heavy atom. The molecule has 1 spiro atoms. The zero-order valence-electron chi connectivity index (χ0n) is 33.7. The van der Waals surface area contributed by atoms with Gasteiger partial charge in [0.1, 0.15) is 5.75 Å². The third-order valence-electron chi connectivity index (χ3n) is 12.8. The van der Waals surface area contributed by atoms with Crippen molar-refractivity contribution in [3.8, 4) is 5.75 Å². The molecule has 0 radical (unpaired) electrons. The minimum Gasteiger partial charge on any atom is -0.497 e. The van der Waals surface area contributed by atoms with Gasteiger partial charge < -0.3 is 35.4 Å². The molecule has 0 unspecified atom stereocenters. The molecule has 0 aliphatic carbocycles. The van der Waals surface area contributed by atoms with Crippen LogP contribution in [0.3, 0.4) is 0 Å². The number of aliphatic hydroxyl groups excluding tert-OH is 1. The molecule has 3 heterocycles. The fraction of sp³-hybridized carbons (Fsp3) is 0.298. The van der Waals surface area contributed by atoms with Gasteiger partial charge in [-0.15, -0.1) is 0 Å². The first-order valence-corrected chi connectivity index (χ1v) is 23.5. The summed E-state index contributed by atoms with van der Waals surface area (Å²) in [5.41, 5.74) is 10.3. The second-order valence-corrected chi connectivity index (χ2v) is 21.6. The van der Waals surface area contributed by atoms with Crippen molar-refractivity contribution in [2.75, 3.05) is 29.7 Å². The Morgan fingerprint density at radius 1 is 0.966 bits per heavy atom. The van der Waals surface area contributed by atoms with Crippen LogP contribution in [0.15, 0.2) is 115 Å². The number of anilines is 3. The van der Waals surface area contributed by atoms with E-state index < -0.39 is 19.8 Å². The summed E-state index contributed by atoms with van der Waals surface area (Å²) >= 11 is 6.73. The van der Waals surface area contributed by atoms with E-state index in [1.54, 1.807) is 47.2 Å². The Labute approximate surface area is 350 Å². The van der Waals surface area contributed by atoms with E-state index in [0.717, 1.165) is 27.6 Å². The molecule has 1 saturated heterocycles. The number of methoxy groups -OCH3 is 1. The second kappa shape index (κ2) is 15.9. The standard InChI is InChI=1S/C47H49ClN4O6Si/c1-29-44(59(3,4)39-20-18-38(57-2)19-21-39)42(25-43(54)51-27-33-8-6-5-7-32(33)23-37(51)28-53)58-47(29)40-24-34(48)13-22-41(40)52(46(47)56)26-30-9-16-36(17-10-30)50-45(55)31-11-14-35(49)15-12-31/h5-22,24,29,37,42,44,53H,23,25-28,49H2,1-4H3,(H,50,55)/t29-,37+,42+,44-,47+/m1/s1. The molecule has 59 heavy (non-hydrogen) atoms. The molecule has 5 aromatic rings. The van der Waals surface area contributed by atoms with Crippen molar-refractivity contribution in [1.29, 1.82) is 0 Å². The number of nitrogens with one attached hydrogen (secondary N) is 1. The highest BCUT2D eigenvalue weighted by molar-refractivity contribution is 6.91. The average Bonchev–Trinajstić information content (AvgIpc) is 3.66. The molecule has 3 aliphatic rings. The minimum atomic E-state index is -2.55. The van der Waals surface area contributed by atoms with Crippen LogP contribution in [0.4, 0.5) is 17.1 Å². The Morgan fingerprint density at radius 2 is 1.66 bits per heavy atom. The lowest BCUT2D eigenvalue weighted by Gasteiger charge is -2.39. The van der Waals surface area contributed by atoms with Gasteiger partial charge in [-0.05, 0) is 95.4 Å². The van der Waals surface area contributed by atoms with Crippen LogP contribution in [0.1, 0.15) is 46.0 Å². The summed E-state index contributed by atoms with van der Waals surface area (Å²) in [4.78, 5) is 46.4. The van der Waals surface area contributed by atoms with Crippen molar-refractivity contribution in [1.82, 2.24) is 4.90 Å². The van der Waals surface area contributed by atoms with E-state index in [1.807, 2.05) is 66.7 Å². The first kappa shape index (κ1) is 40.3. The summed E-state index contributed by atoms with van der Waals surface area (Å²) in [6, 6.07) is 35.4. The van der Waals surface area contributed by atoms with Gasteiger partial charge in [0.2, 0.25) is 5.91 Å². The van der Waals surface area contributed by atoms with Crippen LogP contribution in [0, 0.1) is 5.92 Å². The maximum absolute atomic E-state index is 15.3. The largest absolute Gasteiger partial charge is 0.497 e. The highest BCUT2D eigenvalue weighted by Gasteiger charge is 2.66. The van der Waals surface area contributed by atoms with Gasteiger partial charge in [0.05, 0.1) is 52.6 Å². The van der Waals surface area contributed by atoms with E-state index in [1.165, 1.54) is 0 Å². The number of fused-ring (bicyclic) bond motifs is 3. The number of ether oxygens (including phenoxy) is 2. The van der Waals surface area contributed by atoms with Crippen LogP contribution in [0.5, 0.6) is 5.75 Å². The smallest absolute Gasteiger partial charge is 0.264 e. The van der Waals surface area contributed by atoms with E-state index in [4.69, 9.17) is 26.8 Å².